The molecular formula is C15H20N2O2. The van der Waals surface area contributed by atoms with Crippen LogP contribution in [0.4, 0.5) is 0 Å². The molecule has 102 valence electrons. The van der Waals surface area contributed by atoms with Crippen molar-refractivity contribution < 1.29 is 9.53 Å². The molecule has 0 fully saturated rings. The molecule has 0 bridgehead atoms. The van der Waals surface area contributed by atoms with Crippen molar-refractivity contribution in [3.05, 3.63) is 29.0 Å². The summed E-state index contributed by atoms with van der Waals surface area (Å²) in [5.74, 6) is 0.889. The van der Waals surface area contributed by atoms with Crippen molar-refractivity contribution in [2.24, 2.45) is 0 Å². The summed E-state index contributed by atoms with van der Waals surface area (Å²) in [5, 5.41) is 4.02. The summed E-state index contributed by atoms with van der Waals surface area (Å²) < 4.78 is 5.29. The van der Waals surface area contributed by atoms with Crippen molar-refractivity contribution in [1.82, 2.24) is 10.3 Å². The second-order valence-electron chi connectivity index (χ2n) is 4.70. The first kappa shape index (κ1) is 13.6. The van der Waals surface area contributed by atoms with Crippen molar-refractivity contribution in [1.29, 1.82) is 0 Å². The number of benzene rings is 1. The zero-order chi connectivity index (χ0) is 14.0. The highest BCUT2D eigenvalue weighted by atomic mass is 16.5. The maximum Gasteiger partial charge on any atom is 0.179 e. The quantitative estimate of drug-likeness (QED) is 0.812. The molecule has 4 nitrogen and oxygen atoms in total. The minimum Gasteiger partial charge on any atom is -0.497 e. The minimum absolute atomic E-state index is 0.109. The Kier molecular flexibility index (Phi) is 3.90. The Hall–Kier alpha value is -1.81. The first-order valence-corrected chi connectivity index (χ1v) is 6.49. The van der Waals surface area contributed by atoms with Gasteiger partial charge in [-0.1, -0.05) is 6.92 Å². The van der Waals surface area contributed by atoms with Gasteiger partial charge in [-0.2, -0.15) is 0 Å². The van der Waals surface area contributed by atoms with E-state index in [1.165, 1.54) is 0 Å². The lowest BCUT2D eigenvalue weighted by molar-refractivity contribution is 0.0993. The van der Waals surface area contributed by atoms with E-state index >= 15 is 0 Å². The molecule has 2 N–H and O–H groups in total. The molecule has 1 heterocycles. The second kappa shape index (κ2) is 5.45. The monoisotopic (exact) mass is 260 g/mol. The van der Waals surface area contributed by atoms with Gasteiger partial charge in [0.1, 0.15) is 5.75 Å². The van der Waals surface area contributed by atoms with E-state index in [1.54, 1.807) is 7.11 Å². The lowest BCUT2D eigenvalue weighted by Crippen LogP contribution is -2.22. The average molecular weight is 260 g/mol. The smallest absolute Gasteiger partial charge is 0.179 e. The summed E-state index contributed by atoms with van der Waals surface area (Å²) in [6.45, 7) is 7.09. The molecule has 1 aromatic carbocycles. The molecule has 0 aliphatic rings. The SMILES string of the molecule is CCNCC(=O)c1c(C)[nH]c2c(C)cc(OC)cc12. The number of methoxy groups -OCH3 is 1. The predicted octanol–water partition coefficient (Wildman–Crippen LogP) is 2.59. The number of hydrogen-bond donors (Lipinski definition) is 2. The fourth-order valence-electron chi connectivity index (χ4n) is 2.37. The van der Waals surface area contributed by atoms with E-state index in [0.717, 1.165) is 40.0 Å². The number of aryl methyl sites for hydroxylation is 2. The largest absolute Gasteiger partial charge is 0.497 e. The number of rotatable bonds is 5. The summed E-state index contributed by atoms with van der Waals surface area (Å²) in [6.07, 6.45) is 0. The molecule has 0 amide bonds. The van der Waals surface area contributed by atoms with Crippen molar-refractivity contribution >= 4 is 16.7 Å². The average Bonchev–Trinajstić information content (AvgIpc) is 2.72. The lowest BCUT2D eigenvalue weighted by atomic mass is 10.0. The highest BCUT2D eigenvalue weighted by Gasteiger charge is 2.17. The van der Waals surface area contributed by atoms with Crippen LogP contribution in [0.2, 0.25) is 0 Å². The number of Topliss-reactive ketones (excluding diaryl/α,β-unsaturated/α-hetero) is 1. The van der Waals surface area contributed by atoms with Crippen LogP contribution in [0, 0.1) is 13.8 Å². The molecule has 0 aliphatic heterocycles. The first-order chi connectivity index (χ1) is 9.08. The van der Waals surface area contributed by atoms with Gasteiger partial charge in [0.05, 0.1) is 13.7 Å². The van der Waals surface area contributed by atoms with Crippen LogP contribution in [0.25, 0.3) is 10.9 Å². The zero-order valence-electron chi connectivity index (χ0n) is 11.9. The van der Waals surface area contributed by atoms with Crippen molar-refractivity contribution in [3.63, 3.8) is 0 Å². The molecule has 0 atom stereocenters. The fourth-order valence-corrected chi connectivity index (χ4v) is 2.37. The number of carbonyl (C=O) groups excluding carboxylic acids is 1. The standard InChI is InChI=1S/C15H20N2O2/c1-5-16-8-13(18)14-10(3)17-15-9(2)6-11(19-4)7-12(14)15/h6-7,16-17H,5,8H2,1-4H3. The van der Waals surface area contributed by atoms with Crippen LogP contribution in [0.5, 0.6) is 5.75 Å². The molecule has 2 aromatic rings. The number of ketones is 1. The molecule has 0 spiro atoms. The number of ether oxygens (including phenoxy) is 1. The minimum atomic E-state index is 0.109. The normalized spacial score (nSPS) is 10.9. The number of carbonyl (C=O) groups is 1. The van der Waals surface area contributed by atoms with E-state index in [9.17, 15) is 4.79 Å². The molecule has 1 aromatic heterocycles. The Balaban J connectivity index is 2.56. The lowest BCUT2D eigenvalue weighted by Gasteiger charge is -2.05. The predicted molar refractivity (Wildman–Crippen MR) is 77.2 cm³/mol. The number of aromatic nitrogens is 1. The summed E-state index contributed by atoms with van der Waals surface area (Å²) in [5.41, 5.74) is 3.77. The maximum absolute atomic E-state index is 12.3. The first-order valence-electron chi connectivity index (χ1n) is 6.49. The van der Waals surface area contributed by atoms with Crippen LogP contribution in [0.1, 0.15) is 28.5 Å². The third-order valence-electron chi connectivity index (χ3n) is 3.32. The Bertz CT molecular complexity index is 614. The van der Waals surface area contributed by atoms with Crippen molar-refractivity contribution in [2.75, 3.05) is 20.2 Å². The van der Waals surface area contributed by atoms with Crippen LogP contribution in [0.15, 0.2) is 12.1 Å². The molecule has 19 heavy (non-hydrogen) atoms. The second-order valence-corrected chi connectivity index (χ2v) is 4.70. The number of aromatic amines is 1. The number of nitrogens with one attached hydrogen (secondary N) is 2. The summed E-state index contributed by atoms with van der Waals surface area (Å²) >= 11 is 0. The van der Waals surface area contributed by atoms with E-state index < -0.39 is 0 Å². The fraction of sp³-hybridized carbons (Fsp3) is 0.400. The molecule has 4 heteroatoms. The highest BCUT2D eigenvalue weighted by molar-refractivity contribution is 6.11. The van der Waals surface area contributed by atoms with Crippen LogP contribution in [-0.2, 0) is 0 Å². The third kappa shape index (κ3) is 2.49. The van der Waals surface area contributed by atoms with E-state index in [4.69, 9.17) is 4.74 Å². The number of fused-ring (bicyclic) bond motifs is 1. The van der Waals surface area contributed by atoms with Gasteiger partial charge < -0.3 is 15.0 Å². The Morgan fingerprint density at radius 2 is 2.11 bits per heavy atom. The third-order valence-corrected chi connectivity index (χ3v) is 3.32. The van der Waals surface area contributed by atoms with Gasteiger partial charge >= 0.3 is 0 Å². The van der Waals surface area contributed by atoms with Crippen LogP contribution in [0.3, 0.4) is 0 Å². The molecular weight excluding hydrogens is 240 g/mol. The molecule has 0 aliphatic carbocycles. The van der Waals surface area contributed by atoms with E-state index in [0.29, 0.717) is 6.54 Å². The van der Waals surface area contributed by atoms with Crippen molar-refractivity contribution in [3.8, 4) is 5.75 Å². The maximum atomic E-state index is 12.3. The van der Waals surface area contributed by atoms with Crippen LogP contribution in [-0.4, -0.2) is 31.0 Å². The van der Waals surface area contributed by atoms with E-state index in [1.807, 2.05) is 32.9 Å². The van der Waals surface area contributed by atoms with Gasteiger partial charge in [-0.25, -0.2) is 0 Å². The van der Waals surface area contributed by atoms with Crippen molar-refractivity contribution in [2.45, 2.75) is 20.8 Å². The zero-order valence-corrected chi connectivity index (χ0v) is 11.9. The van der Waals surface area contributed by atoms with Gasteiger partial charge in [-0.05, 0) is 38.1 Å². The Morgan fingerprint density at radius 1 is 1.37 bits per heavy atom. The molecule has 0 saturated carbocycles. The number of hydrogen-bond acceptors (Lipinski definition) is 3. The van der Waals surface area contributed by atoms with Gasteiger partial charge in [-0.15, -0.1) is 0 Å². The highest BCUT2D eigenvalue weighted by Crippen LogP contribution is 2.29. The molecule has 0 radical (unpaired) electrons. The summed E-state index contributed by atoms with van der Waals surface area (Å²) in [6, 6.07) is 3.89. The van der Waals surface area contributed by atoms with E-state index in [-0.39, 0.29) is 5.78 Å². The van der Waals surface area contributed by atoms with E-state index in [2.05, 4.69) is 10.3 Å². The van der Waals surface area contributed by atoms with Gasteiger partial charge in [0.25, 0.3) is 0 Å². The number of likely N-dealkylation sites (N-methyl/N-ethyl adjacent to an activating group) is 1. The van der Waals surface area contributed by atoms with Crippen LogP contribution < -0.4 is 10.1 Å². The Morgan fingerprint density at radius 3 is 2.74 bits per heavy atom. The van der Waals surface area contributed by atoms with Crippen LogP contribution >= 0.6 is 0 Å². The summed E-state index contributed by atoms with van der Waals surface area (Å²) in [4.78, 5) is 15.6. The summed E-state index contributed by atoms with van der Waals surface area (Å²) in [7, 11) is 1.64. The van der Waals surface area contributed by atoms with Gasteiger partial charge in [0.2, 0.25) is 0 Å². The van der Waals surface area contributed by atoms with Gasteiger partial charge in [-0.3, -0.25) is 4.79 Å². The van der Waals surface area contributed by atoms with Gasteiger partial charge in [0.15, 0.2) is 5.78 Å². The Labute approximate surface area is 113 Å². The molecule has 0 unspecified atom stereocenters. The molecule has 0 saturated heterocycles. The molecule has 2 rings (SSSR count). The number of H-pyrrole nitrogens is 1. The van der Waals surface area contributed by atoms with Gasteiger partial charge in [0, 0.05) is 22.2 Å². The topological polar surface area (TPSA) is 54.1 Å².